The van der Waals surface area contributed by atoms with Gasteiger partial charge < -0.3 is 24.4 Å². The summed E-state index contributed by atoms with van der Waals surface area (Å²) in [6.45, 7) is 4.05. The Balaban J connectivity index is 0.00000320. The van der Waals surface area contributed by atoms with Crippen LogP contribution >= 0.6 is 24.0 Å². The molecule has 1 saturated heterocycles. The van der Waals surface area contributed by atoms with E-state index in [0.717, 1.165) is 42.4 Å². The highest BCUT2D eigenvalue weighted by Gasteiger charge is 2.36. The molecular weight excluding hydrogens is 497 g/mol. The van der Waals surface area contributed by atoms with Crippen LogP contribution in [0, 0.1) is 11.8 Å². The number of nitrogens with one attached hydrogen (secondary N) is 1. The van der Waals surface area contributed by atoms with Gasteiger partial charge in [-0.25, -0.2) is 0 Å². The minimum Gasteiger partial charge on any atom is -0.497 e. The number of esters is 1. The van der Waals surface area contributed by atoms with E-state index in [1.165, 1.54) is 20.0 Å². The molecule has 1 aliphatic heterocycles. The van der Waals surface area contributed by atoms with Crippen LogP contribution in [0.15, 0.2) is 23.2 Å². The zero-order chi connectivity index (χ0) is 20.8. The third kappa shape index (κ3) is 5.92. The Labute approximate surface area is 196 Å². The largest absolute Gasteiger partial charge is 0.497 e. The molecule has 2 atom stereocenters. The Morgan fingerprint density at radius 1 is 1.23 bits per heavy atom. The lowest BCUT2D eigenvalue weighted by Crippen LogP contribution is -2.40. The van der Waals surface area contributed by atoms with Gasteiger partial charge in [-0.05, 0) is 43.7 Å². The average Bonchev–Trinajstić information content (AvgIpc) is 3.38. The summed E-state index contributed by atoms with van der Waals surface area (Å²) in [4.78, 5) is 18.5. The molecule has 3 rings (SSSR count). The molecule has 1 saturated carbocycles. The molecule has 1 N–H and O–H groups in total. The molecule has 1 aromatic carbocycles. The van der Waals surface area contributed by atoms with Crippen molar-refractivity contribution in [2.75, 3.05) is 34.4 Å². The van der Waals surface area contributed by atoms with E-state index < -0.39 is 0 Å². The number of benzene rings is 1. The predicted molar refractivity (Wildman–Crippen MR) is 128 cm³/mol. The fraction of sp³-hybridized carbons (Fsp3) is 0.636. The minimum absolute atomic E-state index is 0. The van der Waals surface area contributed by atoms with E-state index in [2.05, 4.69) is 22.1 Å². The summed E-state index contributed by atoms with van der Waals surface area (Å²) in [7, 11) is 4.88. The first kappa shape index (κ1) is 24.6. The lowest BCUT2D eigenvalue weighted by atomic mass is 9.99. The van der Waals surface area contributed by atoms with Gasteiger partial charge in [-0.3, -0.25) is 9.79 Å². The minimum atomic E-state index is -0.155. The monoisotopic (exact) mass is 531 g/mol. The second kappa shape index (κ2) is 11.6. The van der Waals surface area contributed by atoms with Crippen LogP contribution in [-0.2, 0) is 16.1 Å². The van der Waals surface area contributed by atoms with Crippen LogP contribution in [0.3, 0.4) is 0 Å². The fourth-order valence-corrected chi connectivity index (χ4v) is 4.21. The summed E-state index contributed by atoms with van der Waals surface area (Å²) in [5.74, 6) is 2.38. The van der Waals surface area contributed by atoms with Crippen LogP contribution in [0.2, 0.25) is 0 Å². The average molecular weight is 531 g/mol. The Morgan fingerprint density at radius 3 is 2.60 bits per heavy atom. The third-order valence-electron chi connectivity index (χ3n) is 5.93. The molecule has 1 aromatic rings. The Kier molecular flexibility index (Phi) is 9.51. The first-order chi connectivity index (χ1) is 14.0. The van der Waals surface area contributed by atoms with Gasteiger partial charge in [-0.2, -0.15) is 0 Å². The summed E-state index contributed by atoms with van der Waals surface area (Å²) in [5, 5.41) is 3.43. The van der Waals surface area contributed by atoms with Crippen molar-refractivity contribution in [2.24, 2.45) is 16.8 Å². The van der Waals surface area contributed by atoms with Crippen molar-refractivity contribution < 1.29 is 19.0 Å². The van der Waals surface area contributed by atoms with Crippen molar-refractivity contribution in [3.05, 3.63) is 23.8 Å². The Morgan fingerprint density at radius 2 is 1.97 bits per heavy atom. The Bertz CT molecular complexity index is 737. The predicted octanol–water partition coefficient (Wildman–Crippen LogP) is 3.45. The van der Waals surface area contributed by atoms with Crippen LogP contribution in [0.25, 0.3) is 0 Å². The molecular formula is C22H34IN3O4. The SMILES string of the molecule is CN=C(NCc1ccc(OC)cc1OC1CCCC1)N1CC(C)C(C(=O)OC)C1.I. The number of ether oxygens (including phenoxy) is 3. The highest BCUT2D eigenvalue weighted by atomic mass is 127. The maximum atomic E-state index is 12.0. The Hall–Kier alpha value is -1.71. The number of aliphatic imine (C=N–C) groups is 1. The van der Waals surface area contributed by atoms with Crippen LogP contribution in [0.5, 0.6) is 11.5 Å². The molecule has 0 spiro atoms. The van der Waals surface area contributed by atoms with Crippen molar-refractivity contribution in [1.29, 1.82) is 0 Å². The molecule has 2 fully saturated rings. The summed E-state index contributed by atoms with van der Waals surface area (Å²) in [5.41, 5.74) is 1.07. The van der Waals surface area contributed by atoms with Gasteiger partial charge in [0.15, 0.2) is 5.96 Å². The summed E-state index contributed by atoms with van der Waals surface area (Å²) >= 11 is 0. The van der Waals surface area contributed by atoms with E-state index >= 15 is 0 Å². The van der Waals surface area contributed by atoms with Gasteiger partial charge in [0.05, 0.1) is 26.2 Å². The van der Waals surface area contributed by atoms with Gasteiger partial charge in [0.25, 0.3) is 0 Å². The van der Waals surface area contributed by atoms with Gasteiger partial charge in [0, 0.05) is 38.3 Å². The molecule has 2 aliphatic rings. The topological polar surface area (TPSA) is 72.4 Å². The zero-order valence-electron chi connectivity index (χ0n) is 18.3. The highest BCUT2D eigenvalue weighted by Crippen LogP contribution is 2.30. The molecule has 30 heavy (non-hydrogen) atoms. The van der Waals surface area contributed by atoms with Crippen molar-refractivity contribution in [3.8, 4) is 11.5 Å². The van der Waals surface area contributed by atoms with Crippen LogP contribution in [-0.4, -0.2) is 57.3 Å². The molecule has 1 heterocycles. The number of carbonyl (C=O) groups is 1. The van der Waals surface area contributed by atoms with Gasteiger partial charge >= 0.3 is 5.97 Å². The van der Waals surface area contributed by atoms with E-state index in [1.54, 1.807) is 14.2 Å². The molecule has 0 aromatic heterocycles. The number of guanidine groups is 1. The van der Waals surface area contributed by atoms with E-state index in [-0.39, 0.29) is 47.9 Å². The van der Waals surface area contributed by atoms with Gasteiger partial charge in [0.2, 0.25) is 0 Å². The second-order valence-electron chi connectivity index (χ2n) is 7.91. The molecule has 0 radical (unpaired) electrons. The highest BCUT2D eigenvalue weighted by molar-refractivity contribution is 14.0. The lowest BCUT2D eigenvalue weighted by molar-refractivity contribution is -0.145. The number of rotatable bonds is 6. The lowest BCUT2D eigenvalue weighted by Gasteiger charge is -2.23. The fourth-order valence-electron chi connectivity index (χ4n) is 4.21. The number of carbonyl (C=O) groups excluding carboxylic acids is 1. The second-order valence-corrected chi connectivity index (χ2v) is 7.91. The summed E-state index contributed by atoms with van der Waals surface area (Å²) < 4.78 is 16.6. The molecule has 168 valence electrons. The first-order valence-electron chi connectivity index (χ1n) is 10.4. The maximum Gasteiger partial charge on any atom is 0.310 e. The molecule has 7 nitrogen and oxygen atoms in total. The van der Waals surface area contributed by atoms with Crippen LogP contribution in [0.4, 0.5) is 0 Å². The number of methoxy groups -OCH3 is 2. The van der Waals surface area contributed by atoms with Crippen molar-refractivity contribution >= 4 is 35.9 Å². The maximum absolute atomic E-state index is 12.0. The molecule has 8 heteroatoms. The first-order valence-corrected chi connectivity index (χ1v) is 10.4. The number of nitrogens with zero attached hydrogens (tertiary/aromatic N) is 2. The van der Waals surface area contributed by atoms with E-state index in [0.29, 0.717) is 13.1 Å². The molecule has 2 unspecified atom stereocenters. The number of halogens is 1. The van der Waals surface area contributed by atoms with Crippen molar-refractivity contribution in [1.82, 2.24) is 10.2 Å². The molecule has 1 aliphatic carbocycles. The van der Waals surface area contributed by atoms with E-state index in [9.17, 15) is 4.79 Å². The van der Waals surface area contributed by atoms with Gasteiger partial charge in [0.1, 0.15) is 11.5 Å². The molecule has 0 bridgehead atoms. The van der Waals surface area contributed by atoms with Gasteiger partial charge in [-0.1, -0.05) is 6.92 Å². The van der Waals surface area contributed by atoms with E-state index in [1.807, 2.05) is 18.2 Å². The number of hydrogen-bond acceptors (Lipinski definition) is 5. The quantitative estimate of drug-likeness (QED) is 0.263. The summed E-state index contributed by atoms with van der Waals surface area (Å²) in [6.07, 6.45) is 4.94. The standard InChI is InChI=1S/C22H33N3O4.HI/c1-15-13-25(14-19(15)21(26)28-4)22(23-2)24-12-16-9-10-18(27-3)11-20(16)29-17-7-5-6-8-17;/h9-11,15,17,19H,5-8,12-14H2,1-4H3,(H,23,24);1H. The number of likely N-dealkylation sites (tertiary alicyclic amines) is 1. The van der Waals surface area contributed by atoms with Crippen molar-refractivity contribution in [3.63, 3.8) is 0 Å². The van der Waals surface area contributed by atoms with Crippen LogP contribution in [0.1, 0.15) is 38.2 Å². The summed E-state index contributed by atoms with van der Waals surface area (Å²) in [6, 6.07) is 5.95. The smallest absolute Gasteiger partial charge is 0.310 e. The number of hydrogen-bond donors (Lipinski definition) is 1. The van der Waals surface area contributed by atoms with Crippen LogP contribution < -0.4 is 14.8 Å². The van der Waals surface area contributed by atoms with Crippen molar-refractivity contribution in [2.45, 2.75) is 45.3 Å². The third-order valence-corrected chi connectivity index (χ3v) is 5.93. The zero-order valence-corrected chi connectivity index (χ0v) is 20.7. The van der Waals surface area contributed by atoms with E-state index in [4.69, 9.17) is 14.2 Å². The molecule has 0 amide bonds. The van der Waals surface area contributed by atoms with Gasteiger partial charge in [-0.15, -0.1) is 24.0 Å². The normalized spacial score (nSPS) is 21.9.